The minimum atomic E-state index is 0. The summed E-state index contributed by atoms with van der Waals surface area (Å²) in [6, 6.07) is 21.3. The topological polar surface area (TPSA) is 0 Å². The molecule has 0 bridgehead atoms. The summed E-state index contributed by atoms with van der Waals surface area (Å²) < 4.78 is 0. The van der Waals surface area contributed by atoms with Crippen molar-refractivity contribution in [3.8, 4) is 0 Å². The van der Waals surface area contributed by atoms with Gasteiger partial charge in [0.25, 0.3) is 0 Å². The van der Waals surface area contributed by atoms with Gasteiger partial charge < -0.3 is 12.4 Å². The minimum Gasteiger partial charge on any atom is -1.00 e. The smallest absolute Gasteiger partial charge is 0.160 e. The van der Waals surface area contributed by atoms with Gasteiger partial charge >= 0.3 is 0 Å². The van der Waals surface area contributed by atoms with E-state index in [9.17, 15) is 0 Å². The molecule has 0 N–H and O–H groups in total. The van der Waals surface area contributed by atoms with Crippen LogP contribution in [-0.4, -0.2) is 6.26 Å². The molecular formula is C13H13ClS. The predicted octanol–water partition coefficient (Wildman–Crippen LogP) is 0.357. The van der Waals surface area contributed by atoms with Gasteiger partial charge in [-0.3, -0.25) is 0 Å². The van der Waals surface area contributed by atoms with Crippen LogP contribution in [0.3, 0.4) is 0 Å². The highest BCUT2D eigenvalue weighted by molar-refractivity contribution is 7.96. The van der Waals surface area contributed by atoms with E-state index in [4.69, 9.17) is 0 Å². The van der Waals surface area contributed by atoms with Gasteiger partial charge in [-0.15, -0.1) is 0 Å². The van der Waals surface area contributed by atoms with Gasteiger partial charge in [-0.25, -0.2) is 0 Å². The molecule has 2 rings (SSSR count). The van der Waals surface area contributed by atoms with Crippen LogP contribution in [0.4, 0.5) is 0 Å². The molecule has 0 unspecified atom stereocenters. The van der Waals surface area contributed by atoms with Gasteiger partial charge in [-0.05, 0) is 24.3 Å². The maximum atomic E-state index is 2.27. The Morgan fingerprint density at radius 2 is 1.00 bits per heavy atom. The first-order chi connectivity index (χ1) is 6.88. The van der Waals surface area contributed by atoms with E-state index in [1.54, 1.807) is 0 Å². The van der Waals surface area contributed by atoms with Crippen molar-refractivity contribution in [3.05, 3.63) is 60.7 Å². The molecule has 0 radical (unpaired) electrons. The van der Waals surface area contributed by atoms with Gasteiger partial charge in [0, 0.05) is 0 Å². The van der Waals surface area contributed by atoms with Crippen molar-refractivity contribution in [2.75, 3.05) is 6.26 Å². The highest BCUT2D eigenvalue weighted by Crippen LogP contribution is 2.19. The molecular weight excluding hydrogens is 224 g/mol. The van der Waals surface area contributed by atoms with E-state index in [2.05, 4.69) is 66.9 Å². The third kappa shape index (κ3) is 3.01. The van der Waals surface area contributed by atoms with Crippen LogP contribution in [0, 0.1) is 0 Å². The molecule has 0 aliphatic carbocycles. The Morgan fingerprint density at radius 1 is 0.667 bits per heavy atom. The van der Waals surface area contributed by atoms with Crippen molar-refractivity contribution in [1.82, 2.24) is 0 Å². The summed E-state index contributed by atoms with van der Waals surface area (Å²) in [5.74, 6) is 0. The molecule has 0 aliphatic heterocycles. The molecule has 0 atom stereocenters. The van der Waals surface area contributed by atoms with Crippen LogP contribution in [0.5, 0.6) is 0 Å². The van der Waals surface area contributed by atoms with Gasteiger partial charge in [0.1, 0.15) is 6.26 Å². The Kier molecular flexibility index (Phi) is 4.73. The number of hydrogen-bond donors (Lipinski definition) is 0. The zero-order valence-corrected chi connectivity index (χ0v) is 10.1. The van der Waals surface area contributed by atoms with Gasteiger partial charge in [-0.1, -0.05) is 36.4 Å². The average molecular weight is 237 g/mol. The summed E-state index contributed by atoms with van der Waals surface area (Å²) in [5.41, 5.74) is 0. The fourth-order valence-electron chi connectivity index (χ4n) is 1.39. The molecule has 0 spiro atoms. The van der Waals surface area contributed by atoms with Gasteiger partial charge in [0.2, 0.25) is 0 Å². The zero-order chi connectivity index (χ0) is 9.80. The number of hydrogen-bond acceptors (Lipinski definition) is 0. The summed E-state index contributed by atoms with van der Waals surface area (Å²) in [5, 5.41) is 0. The second kappa shape index (κ2) is 5.84. The summed E-state index contributed by atoms with van der Waals surface area (Å²) >= 11 is 0. The van der Waals surface area contributed by atoms with Gasteiger partial charge in [-0.2, -0.15) is 0 Å². The van der Waals surface area contributed by atoms with Crippen molar-refractivity contribution in [2.24, 2.45) is 0 Å². The first-order valence-electron chi connectivity index (χ1n) is 4.64. The molecule has 2 aromatic carbocycles. The minimum absolute atomic E-state index is 0. The lowest BCUT2D eigenvalue weighted by molar-refractivity contribution is -0.00000284. The summed E-state index contributed by atoms with van der Waals surface area (Å²) in [7, 11) is 0.203. The van der Waals surface area contributed by atoms with Gasteiger partial charge in [0.05, 0.1) is 10.9 Å². The van der Waals surface area contributed by atoms with E-state index in [1.165, 1.54) is 9.79 Å². The molecule has 0 amide bonds. The maximum Gasteiger partial charge on any atom is 0.160 e. The standard InChI is InChI=1S/C13H13S.ClH/c1-14(12-8-4-2-5-9-12)13-10-6-3-7-11-13;/h2-11H,1H3;1H/q+1;/p-1. The molecule has 0 saturated heterocycles. The van der Waals surface area contributed by atoms with Crippen LogP contribution in [0.2, 0.25) is 0 Å². The summed E-state index contributed by atoms with van der Waals surface area (Å²) in [6.45, 7) is 0. The lowest BCUT2D eigenvalue weighted by Gasteiger charge is -2.00. The van der Waals surface area contributed by atoms with E-state index in [0.717, 1.165) is 0 Å². The zero-order valence-electron chi connectivity index (χ0n) is 8.56. The second-order valence-corrected chi connectivity index (χ2v) is 5.10. The Labute approximate surface area is 100 Å². The summed E-state index contributed by atoms with van der Waals surface area (Å²) in [4.78, 5) is 2.80. The molecule has 0 nitrogen and oxygen atoms in total. The molecule has 0 heterocycles. The van der Waals surface area contributed by atoms with E-state index < -0.39 is 0 Å². The van der Waals surface area contributed by atoms with E-state index in [-0.39, 0.29) is 23.3 Å². The Morgan fingerprint density at radius 3 is 1.33 bits per heavy atom. The number of benzene rings is 2. The van der Waals surface area contributed by atoms with E-state index in [0.29, 0.717) is 0 Å². The largest absolute Gasteiger partial charge is 1.00 e. The van der Waals surface area contributed by atoms with Crippen LogP contribution < -0.4 is 12.4 Å². The highest BCUT2D eigenvalue weighted by atomic mass is 35.5. The maximum absolute atomic E-state index is 2.27. The molecule has 2 heteroatoms. The van der Waals surface area contributed by atoms with Crippen molar-refractivity contribution >= 4 is 10.9 Å². The monoisotopic (exact) mass is 236 g/mol. The number of rotatable bonds is 2. The molecule has 78 valence electrons. The first kappa shape index (κ1) is 12.2. The lowest BCUT2D eigenvalue weighted by atomic mass is 10.4. The quantitative estimate of drug-likeness (QED) is 0.661. The average Bonchev–Trinajstić information content (AvgIpc) is 2.30. The van der Waals surface area contributed by atoms with E-state index >= 15 is 0 Å². The third-order valence-corrected chi connectivity index (χ3v) is 4.15. The molecule has 15 heavy (non-hydrogen) atoms. The molecule has 2 aromatic rings. The van der Waals surface area contributed by atoms with Crippen LogP contribution in [0.15, 0.2) is 70.5 Å². The summed E-state index contributed by atoms with van der Waals surface area (Å²) in [6.07, 6.45) is 2.27. The fraction of sp³-hybridized carbons (Fsp3) is 0.0769. The molecule has 0 aromatic heterocycles. The second-order valence-electron chi connectivity index (χ2n) is 3.14. The molecule has 0 saturated carbocycles. The fourth-order valence-corrected chi connectivity index (χ4v) is 2.79. The van der Waals surface area contributed by atoms with Crippen LogP contribution in [0.25, 0.3) is 0 Å². The van der Waals surface area contributed by atoms with Crippen LogP contribution >= 0.6 is 0 Å². The normalized spacial score (nSPS) is 9.73. The molecule has 0 fully saturated rings. The Hall–Kier alpha value is -0.920. The highest BCUT2D eigenvalue weighted by Gasteiger charge is 2.17. The van der Waals surface area contributed by atoms with E-state index in [1.807, 2.05) is 0 Å². The van der Waals surface area contributed by atoms with Crippen molar-refractivity contribution in [1.29, 1.82) is 0 Å². The van der Waals surface area contributed by atoms with Crippen molar-refractivity contribution < 1.29 is 12.4 Å². The first-order valence-corrected chi connectivity index (χ1v) is 6.27. The Bertz CT molecular complexity index is 346. The van der Waals surface area contributed by atoms with Crippen molar-refractivity contribution in [3.63, 3.8) is 0 Å². The number of halogens is 1. The van der Waals surface area contributed by atoms with Crippen LogP contribution in [0.1, 0.15) is 0 Å². The lowest BCUT2D eigenvalue weighted by Crippen LogP contribution is -3.00. The van der Waals surface area contributed by atoms with Gasteiger partial charge in [0.15, 0.2) is 9.79 Å². The SMILES string of the molecule is C[S+](c1ccccc1)c1ccccc1.[Cl-]. The third-order valence-electron chi connectivity index (χ3n) is 2.19. The van der Waals surface area contributed by atoms with Crippen molar-refractivity contribution in [2.45, 2.75) is 9.79 Å². The molecule has 0 aliphatic rings. The van der Waals surface area contributed by atoms with Crippen LogP contribution in [-0.2, 0) is 10.9 Å². The predicted molar refractivity (Wildman–Crippen MR) is 62.7 cm³/mol. The Balaban J connectivity index is 0.00000112.